The van der Waals surface area contributed by atoms with Crippen LogP contribution in [0.3, 0.4) is 0 Å². The molecule has 0 fully saturated rings. The van der Waals surface area contributed by atoms with Crippen LogP contribution in [0.5, 0.6) is 0 Å². The molecular formula is C24H49NO3. The van der Waals surface area contributed by atoms with Crippen LogP contribution in [-0.2, 0) is 9.59 Å². The summed E-state index contributed by atoms with van der Waals surface area (Å²) in [7, 11) is 0. The lowest BCUT2D eigenvalue weighted by Gasteiger charge is -2.04. The molecule has 2 N–H and O–H groups in total. The van der Waals surface area contributed by atoms with E-state index in [1.54, 1.807) is 0 Å². The maximum atomic E-state index is 11.4. The molecule has 0 saturated carbocycles. The molecule has 168 valence electrons. The average molecular weight is 400 g/mol. The van der Waals surface area contributed by atoms with Crippen LogP contribution in [0.2, 0.25) is 0 Å². The van der Waals surface area contributed by atoms with Crippen molar-refractivity contribution in [2.24, 2.45) is 0 Å². The highest BCUT2D eigenvalue weighted by atomic mass is 16.4. The Balaban J connectivity index is 0. The first kappa shape index (κ1) is 29.1. The summed E-state index contributed by atoms with van der Waals surface area (Å²) in [6, 6.07) is 0. The predicted molar refractivity (Wildman–Crippen MR) is 121 cm³/mol. The number of carbonyl (C=O) groups is 2. The van der Waals surface area contributed by atoms with Crippen molar-refractivity contribution in [1.29, 1.82) is 0 Å². The van der Waals surface area contributed by atoms with Crippen LogP contribution < -0.4 is 5.32 Å². The number of hydrogen-bond donors (Lipinski definition) is 2. The van der Waals surface area contributed by atoms with E-state index in [-0.39, 0.29) is 5.91 Å². The van der Waals surface area contributed by atoms with Crippen LogP contribution in [0.25, 0.3) is 0 Å². The van der Waals surface area contributed by atoms with Gasteiger partial charge in [0.1, 0.15) is 0 Å². The van der Waals surface area contributed by atoms with Crippen molar-refractivity contribution in [2.45, 2.75) is 136 Å². The minimum atomic E-state index is -0.669. The molecule has 0 aliphatic carbocycles. The molecule has 28 heavy (non-hydrogen) atoms. The first-order valence-corrected chi connectivity index (χ1v) is 12.1. The van der Waals surface area contributed by atoms with Crippen molar-refractivity contribution in [3.8, 4) is 0 Å². The van der Waals surface area contributed by atoms with Gasteiger partial charge in [-0.1, -0.05) is 104 Å². The molecule has 0 aromatic carbocycles. The van der Waals surface area contributed by atoms with Gasteiger partial charge in [0.15, 0.2) is 0 Å². The van der Waals surface area contributed by atoms with Gasteiger partial charge in [0, 0.05) is 19.4 Å². The maximum absolute atomic E-state index is 11.4. The third-order valence-electron chi connectivity index (χ3n) is 4.62. The third kappa shape index (κ3) is 29.7. The van der Waals surface area contributed by atoms with E-state index < -0.39 is 5.97 Å². The summed E-state index contributed by atoms with van der Waals surface area (Å²) in [4.78, 5) is 21.8. The Kier molecular flexibility index (Phi) is 27.0. The number of unbranched alkanes of at least 4 members (excludes halogenated alkanes) is 13. The first-order valence-electron chi connectivity index (χ1n) is 12.1. The Morgan fingerprint density at radius 1 is 0.607 bits per heavy atom. The highest BCUT2D eigenvalue weighted by molar-refractivity contribution is 5.75. The fourth-order valence-corrected chi connectivity index (χ4v) is 3.04. The van der Waals surface area contributed by atoms with Crippen molar-refractivity contribution in [3.05, 3.63) is 0 Å². The molecular weight excluding hydrogens is 350 g/mol. The Hall–Kier alpha value is -1.06. The summed E-state index contributed by atoms with van der Waals surface area (Å²) in [6.45, 7) is 7.13. The summed E-state index contributed by atoms with van der Waals surface area (Å²) < 4.78 is 0. The number of aliphatic carboxylic acids is 1. The van der Waals surface area contributed by atoms with Gasteiger partial charge in [0.25, 0.3) is 0 Å². The Labute approximate surface area is 175 Å². The zero-order valence-corrected chi connectivity index (χ0v) is 19.2. The topological polar surface area (TPSA) is 66.4 Å². The van der Waals surface area contributed by atoms with Crippen molar-refractivity contribution >= 4 is 11.9 Å². The smallest absolute Gasteiger partial charge is 0.303 e. The molecule has 0 aliphatic heterocycles. The number of carboxylic acid groups (broad SMARTS) is 1. The van der Waals surface area contributed by atoms with Gasteiger partial charge in [0.2, 0.25) is 5.91 Å². The minimum absolute atomic E-state index is 0.212. The lowest BCUT2D eigenvalue weighted by molar-refractivity contribution is -0.137. The van der Waals surface area contributed by atoms with E-state index >= 15 is 0 Å². The standard InChI is InChI=1S/C21H41NO3.C3H8/c1-2-19-22-20(23)17-15-13-11-9-7-5-3-4-6-8-10-12-14-16-18-21(24)25;1-3-2/h2-19H2,1H3,(H,22,23)(H,24,25);3H2,1-2H3. The highest BCUT2D eigenvalue weighted by Gasteiger charge is 2.00. The number of carboxylic acids is 1. The number of amides is 1. The fourth-order valence-electron chi connectivity index (χ4n) is 3.04. The molecule has 4 heteroatoms. The normalized spacial score (nSPS) is 10.2. The molecule has 0 radical (unpaired) electrons. The lowest BCUT2D eigenvalue weighted by Crippen LogP contribution is -2.23. The van der Waals surface area contributed by atoms with E-state index in [0.29, 0.717) is 12.8 Å². The number of rotatable bonds is 19. The van der Waals surface area contributed by atoms with Gasteiger partial charge >= 0.3 is 5.97 Å². The third-order valence-corrected chi connectivity index (χ3v) is 4.62. The summed E-state index contributed by atoms with van der Waals surface area (Å²) in [5, 5.41) is 11.5. The van der Waals surface area contributed by atoms with Crippen molar-refractivity contribution in [1.82, 2.24) is 5.32 Å². The molecule has 4 nitrogen and oxygen atoms in total. The molecule has 0 aromatic heterocycles. The molecule has 1 amide bonds. The predicted octanol–water partition coefficient (Wildman–Crippen LogP) is 7.26. The van der Waals surface area contributed by atoms with Gasteiger partial charge in [0.05, 0.1) is 0 Å². The van der Waals surface area contributed by atoms with Gasteiger partial charge in [-0.2, -0.15) is 0 Å². The molecule has 0 atom stereocenters. The minimum Gasteiger partial charge on any atom is -0.481 e. The monoisotopic (exact) mass is 399 g/mol. The van der Waals surface area contributed by atoms with Crippen LogP contribution in [0.1, 0.15) is 136 Å². The quantitative estimate of drug-likeness (QED) is 0.225. The van der Waals surface area contributed by atoms with Crippen LogP contribution in [0.4, 0.5) is 0 Å². The summed E-state index contributed by atoms with van der Waals surface area (Å²) in [6.07, 6.45) is 20.4. The van der Waals surface area contributed by atoms with E-state index in [4.69, 9.17) is 5.11 Å². The van der Waals surface area contributed by atoms with E-state index in [2.05, 4.69) is 26.1 Å². The Morgan fingerprint density at radius 2 is 0.929 bits per heavy atom. The molecule has 0 aromatic rings. The van der Waals surface area contributed by atoms with Crippen LogP contribution in [0.15, 0.2) is 0 Å². The number of hydrogen-bond acceptors (Lipinski definition) is 2. The molecule has 0 unspecified atom stereocenters. The molecule has 0 rings (SSSR count). The fraction of sp³-hybridized carbons (Fsp3) is 0.917. The zero-order valence-electron chi connectivity index (χ0n) is 19.2. The number of carbonyl (C=O) groups excluding carboxylic acids is 1. The van der Waals surface area contributed by atoms with Gasteiger partial charge in [-0.05, 0) is 19.3 Å². The molecule has 0 aliphatic rings. The van der Waals surface area contributed by atoms with Gasteiger partial charge in [-0.15, -0.1) is 0 Å². The second-order valence-corrected chi connectivity index (χ2v) is 7.90. The van der Waals surface area contributed by atoms with Gasteiger partial charge < -0.3 is 10.4 Å². The van der Waals surface area contributed by atoms with Crippen molar-refractivity contribution in [3.63, 3.8) is 0 Å². The molecule has 0 spiro atoms. The Morgan fingerprint density at radius 3 is 1.25 bits per heavy atom. The largest absolute Gasteiger partial charge is 0.481 e. The Bertz CT molecular complexity index is 332. The van der Waals surface area contributed by atoms with Gasteiger partial charge in [-0.25, -0.2) is 0 Å². The van der Waals surface area contributed by atoms with E-state index in [1.807, 2.05) is 0 Å². The van der Waals surface area contributed by atoms with Crippen LogP contribution in [-0.4, -0.2) is 23.5 Å². The van der Waals surface area contributed by atoms with E-state index in [1.165, 1.54) is 77.0 Å². The number of nitrogens with one attached hydrogen (secondary N) is 1. The average Bonchev–Trinajstić information content (AvgIpc) is 2.66. The van der Waals surface area contributed by atoms with Crippen LogP contribution >= 0.6 is 0 Å². The van der Waals surface area contributed by atoms with Crippen molar-refractivity contribution < 1.29 is 14.7 Å². The lowest BCUT2D eigenvalue weighted by atomic mass is 10.0. The molecule has 0 saturated heterocycles. The van der Waals surface area contributed by atoms with Crippen LogP contribution in [0, 0.1) is 0 Å². The highest BCUT2D eigenvalue weighted by Crippen LogP contribution is 2.13. The SMILES string of the molecule is CCC.CCCNC(=O)CCCCCCCCCCCCCCCCC(=O)O. The summed E-state index contributed by atoms with van der Waals surface area (Å²) >= 11 is 0. The van der Waals surface area contributed by atoms with E-state index in [0.717, 1.165) is 32.2 Å². The maximum Gasteiger partial charge on any atom is 0.303 e. The molecule has 0 bridgehead atoms. The summed E-state index contributed by atoms with van der Waals surface area (Å²) in [5.41, 5.74) is 0. The summed E-state index contributed by atoms with van der Waals surface area (Å²) in [5.74, 6) is -0.457. The zero-order chi connectivity index (χ0) is 21.3. The molecule has 0 heterocycles. The van der Waals surface area contributed by atoms with Crippen molar-refractivity contribution in [2.75, 3.05) is 6.54 Å². The van der Waals surface area contributed by atoms with E-state index in [9.17, 15) is 9.59 Å². The van der Waals surface area contributed by atoms with Gasteiger partial charge in [-0.3, -0.25) is 9.59 Å². The first-order chi connectivity index (χ1) is 13.6. The second kappa shape index (κ2) is 25.9. The second-order valence-electron chi connectivity index (χ2n) is 7.90.